The van der Waals surface area contributed by atoms with Crippen molar-refractivity contribution >= 4 is 12.0 Å². The average Bonchev–Trinajstić information content (AvgIpc) is 2.89. The van der Waals surface area contributed by atoms with Gasteiger partial charge in [0.1, 0.15) is 6.10 Å². The molecular weight excluding hydrogens is 448 g/mol. The van der Waals surface area contributed by atoms with Crippen molar-refractivity contribution in [3.05, 3.63) is 59.7 Å². The van der Waals surface area contributed by atoms with E-state index in [1.807, 2.05) is 55.1 Å². The average molecular weight is 493 g/mol. The van der Waals surface area contributed by atoms with E-state index in [0.717, 1.165) is 80.3 Å². The molecule has 2 aromatic rings. The van der Waals surface area contributed by atoms with Crippen LogP contribution >= 0.6 is 0 Å². The molecule has 0 aromatic heterocycles. The normalized spacial score (nSPS) is 14.8. The van der Waals surface area contributed by atoms with Crippen molar-refractivity contribution in [2.75, 3.05) is 13.1 Å². The molecule has 1 saturated heterocycles. The number of ether oxygens (including phenoxy) is 1. The van der Waals surface area contributed by atoms with Gasteiger partial charge in [0.15, 0.2) is 0 Å². The predicted molar refractivity (Wildman–Crippen MR) is 147 cm³/mol. The fourth-order valence-corrected chi connectivity index (χ4v) is 4.88. The molecule has 0 saturated carbocycles. The number of carbonyl (C=O) groups excluding carboxylic acids is 2. The number of nitrogens with zero attached hydrogens (tertiary/aromatic N) is 1. The van der Waals surface area contributed by atoms with E-state index in [-0.39, 0.29) is 18.1 Å². The first kappa shape index (κ1) is 27.8. The standard InChI is InChI=1S/C31H44N2O3/c1-5-7-9-13-28(12-6-2)36-30(35)32-31(3,4)27-20-18-25(19-21-27)24-14-16-26(17-15-24)29(34)33-22-10-8-11-23-33/h14-21,28H,5-13,22-23H2,1-4H3,(H,32,35). The topological polar surface area (TPSA) is 58.6 Å². The number of rotatable bonds is 11. The quantitative estimate of drug-likeness (QED) is 0.327. The summed E-state index contributed by atoms with van der Waals surface area (Å²) in [6.07, 6.45) is 9.27. The molecular formula is C31H44N2O3. The van der Waals surface area contributed by atoms with Gasteiger partial charge in [0, 0.05) is 18.7 Å². The summed E-state index contributed by atoms with van der Waals surface area (Å²) in [6, 6.07) is 16.1. The van der Waals surface area contributed by atoms with Crippen LogP contribution in [0.3, 0.4) is 0 Å². The van der Waals surface area contributed by atoms with Gasteiger partial charge in [-0.3, -0.25) is 4.79 Å². The smallest absolute Gasteiger partial charge is 0.408 e. The van der Waals surface area contributed by atoms with Crippen molar-refractivity contribution < 1.29 is 14.3 Å². The lowest BCUT2D eigenvalue weighted by Gasteiger charge is -2.28. The first-order chi connectivity index (χ1) is 17.3. The number of unbranched alkanes of at least 4 members (excludes halogenated alkanes) is 2. The Labute approximate surface area is 217 Å². The summed E-state index contributed by atoms with van der Waals surface area (Å²) in [6.45, 7) is 10.0. The summed E-state index contributed by atoms with van der Waals surface area (Å²) in [5.74, 6) is 0.128. The van der Waals surface area contributed by atoms with E-state index in [1.54, 1.807) is 0 Å². The van der Waals surface area contributed by atoms with E-state index >= 15 is 0 Å². The number of carbonyl (C=O) groups is 2. The number of hydrogen-bond donors (Lipinski definition) is 1. The second-order valence-electron chi connectivity index (χ2n) is 10.6. The van der Waals surface area contributed by atoms with Crippen LogP contribution < -0.4 is 5.32 Å². The van der Waals surface area contributed by atoms with Gasteiger partial charge in [-0.1, -0.05) is 69.5 Å². The molecule has 2 aromatic carbocycles. The molecule has 2 amide bonds. The largest absolute Gasteiger partial charge is 0.446 e. The molecule has 0 spiro atoms. The summed E-state index contributed by atoms with van der Waals surface area (Å²) >= 11 is 0. The van der Waals surface area contributed by atoms with E-state index in [4.69, 9.17) is 4.74 Å². The second kappa shape index (κ2) is 13.5. The molecule has 5 heteroatoms. The molecule has 36 heavy (non-hydrogen) atoms. The van der Waals surface area contributed by atoms with Gasteiger partial charge >= 0.3 is 6.09 Å². The molecule has 1 atom stereocenters. The Hall–Kier alpha value is -2.82. The van der Waals surface area contributed by atoms with Crippen LogP contribution in [-0.4, -0.2) is 36.1 Å². The van der Waals surface area contributed by atoms with Gasteiger partial charge < -0.3 is 15.0 Å². The van der Waals surface area contributed by atoms with Gasteiger partial charge in [-0.25, -0.2) is 4.79 Å². The third-order valence-electron chi connectivity index (χ3n) is 7.14. The van der Waals surface area contributed by atoms with E-state index in [9.17, 15) is 9.59 Å². The number of alkyl carbamates (subject to hydrolysis) is 1. The van der Waals surface area contributed by atoms with Gasteiger partial charge in [0.2, 0.25) is 0 Å². The Balaban J connectivity index is 1.60. The van der Waals surface area contributed by atoms with Gasteiger partial charge in [0.25, 0.3) is 5.91 Å². The number of nitrogens with one attached hydrogen (secondary N) is 1. The lowest BCUT2D eigenvalue weighted by atomic mass is 9.92. The summed E-state index contributed by atoms with van der Waals surface area (Å²) in [5.41, 5.74) is 3.35. The van der Waals surface area contributed by atoms with E-state index in [1.165, 1.54) is 12.8 Å². The summed E-state index contributed by atoms with van der Waals surface area (Å²) in [4.78, 5) is 27.4. The molecule has 1 heterocycles. The minimum Gasteiger partial charge on any atom is -0.446 e. The molecule has 1 aliphatic heterocycles. The molecule has 0 aliphatic carbocycles. The SMILES string of the molecule is CCCCCC(CCC)OC(=O)NC(C)(C)c1ccc(-c2ccc(C(=O)N3CCCCC3)cc2)cc1. The van der Waals surface area contributed by atoms with Crippen LogP contribution in [0.1, 0.15) is 101 Å². The molecule has 1 unspecified atom stereocenters. The first-order valence-electron chi connectivity index (χ1n) is 13.8. The van der Waals surface area contributed by atoms with Crippen molar-refractivity contribution in [2.24, 2.45) is 0 Å². The third kappa shape index (κ3) is 7.84. The van der Waals surface area contributed by atoms with Crippen LogP contribution in [0.15, 0.2) is 48.5 Å². The molecule has 3 rings (SSSR count). The highest BCUT2D eigenvalue weighted by Gasteiger charge is 2.25. The lowest BCUT2D eigenvalue weighted by Crippen LogP contribution is -2.42. The van der Waals surface area contributed by atoms with Crippen molar-refractivity contribution in [3.8, 4) is 11.1 Å². The van der Waals surface area contributed by atoms with Gasteiger partial charge in [-0.2, -0.15) is 0 Å². The third-order valence-corrected chi connectivity index (χ3v) is 7.14. The number of piperidine rings is 1. The van der Waals surface area contributed by atoms with Crippen molar-refractivity contribution in [1.29, 1.82) is 0 Å². The van der Waals surface area contributed by atoms with Crippen molar-refractivity contribution in [1.82, 2.24) is 10.2 Å². The van der Waals surface area contributed by atoms with Gasteiger partial charge in [-0.05, 0) is 81.2 Å². The Kier molecular flexibility index (Phi) is 10.4. The van der Waals surface area contributed by atoms with E-state index < -0.39 is 5.54 Å². The number of likely N-dealkylation sites (tertiary alicyclic amines) is 1. The van der Waals surface area contributed by atoms with Crippen LogP contribution in [0.4, 0.5) is 4.79 Å². The molecule has 1 aliphatic rings. The Bertz CT molecular complexity index is 960. The molecule has 196 valence electrons. The van der Waals surface area contributed by atoms with E-state index in [0.29, 0.717) is 0 Å². The molecule has 1 N–H and O–H groups in total. The summed E-state index contributed by atoms with van der Waals surface area (Å²) in [5, 5.41) is 3.06. The minimum atomic E-state index is -0.555. The van der Waals surface area contributed by atoms with E-state index in [2.05, 4.69) is 31.3 Å². The summed E-state index contributed by atoms with van der Waals surface area (Å²) in [7, 11) is 0. The van der Waals surface area contributed by atoms with Crippen LogP contribution in [0, 0.1) is 0 Å². The number of hydrogen-bond acceptors (Lipinski definition) is 3. The zero-order valence-corrected chi connectivity index (χ0v) is 22.6. The number of amides is 2. The molecule has 5 nitrogen and oxygen atoms in total. The Morgan fingerprint density at radius 1 is 0.861 bits per heavy atom. The second-order valence-corrected chi connectivity index (χ2v) is 10.6. The van der Waals surface area contributed by atoms with Crippen LogP contribution in [0.5, 0.6) is 0 Å². The Morgan fingerprint density at radius 2 is 1.47 bits per heavy atom. The maximum atomic E-state index is 12.7. The number of benzene rings is 2. The molecule has 0 radical (unpaired) electrons. The fraction of sp³-hybridized carbons (Fsp3) is 0.548. The maximum Gasteiger partial charge on any atom is 0.408 e. The van der Waals surface area contributed by atoms with Gasteiger partial charge in [-0.15, -0.1) is 0 Å². The highest BCUT2D eigenvalue weighted by atomic mass is 16.6. The zero-order chi connectivity index (χ0) is 26.0. The zero-order valence-electron chi connectivity index (χ0n) is 22.6. The van der Waals surface area contributed by atoms with Crippen molar-refractivity contribution in [3.63, 3.8) is 0 Å². The fourth-order valence-electron chi connectivity index (χ4n) is 4.88. The lowest BCUT2D eigenvalue weighted by molar-refractivity contribution is 0.0723. The molecule has 1 fully saturated rings. The van der Waals surface area contributed by atoms with Crippen LogP contribution in [0.25, 0.3) is 11.1 Å². The van der Waals surface area contributed by atoms with Crippen molar-refractivity contribution in [2.45, 2.75) is 97.1 Å². The molecule has 0 bridgehead atoms. The predicted octanol–water partition coefficient (Wildman–Crippen LogP) is 7.69. The highest BCUT2D eigenvalue weighted by Crippen LogP contribution is 2.26. The summed E-state index contributed by atoms with van der Waals surface area (Å²) < 4.78 is 5.78. The van der Waals surface area contributed by atoms with Gasteiger partial charge in [0.05, 0.1) is 5.54 Å². The Morgan fingerprint density at radius 3 is 2.06 bits per heavy atom. The van der Waals surface area contributed by atoms with Crippen LogP contribution in [0.2, 0.25) is 0 Å². The highest BCUT2D eigenvalue weighted by molar-refractivity contribution is 5.94. The minimum absolute atomic E-state index is 0.0236. The monoisotopic (exact) mass is 492 g/mol. The van der Waals surface area contributed by atoms with Crippen LogP contribution in [-0.2, 0) is 10.3 Å². The maximum absolute atomic E-state index is 12.7. The first-order valence-corrected chi connectivity index (χ1v) is 13.8.